The Kier molecular flexibility index (Phi) is 36.3. The summed E-state index contributed by atoms with van der Waals surface area (Å²) in [6.45, 7) is 15.8. The molecule has 2 aromatic rings. The largest absolute Gasteiger partial charge is 0.508 e. The molecular weight excluding hydrogens is 1800 g/mol. The van der Waals surface area contributed by atoms with Crippen LogP contribution in [0.4, 0.5) is 9.59 Å². The van der Waals surface area contributed by atoms with E-state index in [0.29, 0.717) is 17.2 Å². The minimum atomic E-state index is -3.75. The van der Waals surface area contributed by atoms with Crippen molar-refractivity contribution in [3.05, 3.63) is 71.8 Å². The number of halogens is 6. The maximum Gasteiger partial charge on any atom is 0.508 e. The van der Waals surface area contributed by atoms with Crippen molar-refractivity contribution in [2.45, 2.75) is 287 Å². The predicted octanol–water partition coefficient (Wildman–Crippen LogP) is 7.21. The van der Waals surface area contributed by atoms with Crippen LogP contribution in [0.25, 0.3) is 0 Å². The number of alkyl carbamates (subject to hydrolysis) is 1. The van der Waals surface area contributed by atoms with Crippen LogP contribution in [0.2, 0.25) is 16.1 Å². The number of carbonyl (C=O) groups is 12. The molecule has 22 atom stereocenters. The molecule has 6 heterocycles. The SMILES string of the molecule is CC[Si]O[C@@H]1O[C@H](COCc2ccccc2)[C@H](O[C@H]2O[C@@H]3CO[Si](C(C)(C)C)(C(C)(C)C)O[C@@H]3[C@H](OC(=O)OCC(Cl)(Cl)Cl)[C@H]2NC(=O)OCC(Cl)(Cl)Cl)[C@H](O[C@]2(C(=O)OC)C[C@H](OC(C)=O)[C@@H](NC(C)=O)[C@H]([C@H](OC(C)=O)[C@H]3COC(=O)[C@]4(C[C@H](OC(C)=O)[C@@H](NC(C)=O)[C@H]([C@H](OC(C)=O)[C@@H](COC(C)=O)OC(C)=O)O4)O3)O2)[C@H]1OCc1ccccc1. The van der Waals surface area contributed by atoms with Crippen LogP contribution in [-0.2, 0) is 169 Å². The second-order valence-electron chi connectivity index (χ2n) is 31.4. The number of hydrogen-bond acceptors (Lipinski definition) is 35. The van der Waals surface area contributed by atoms with Crippen LogP contribution in [0.3, 0.4) is 0 Å². The number of esters is 8. The van der Waals surface area contributed by atoms with Crippen LogP contribution in [0.5, 0.6) is 0 Å². The second-order valence-corrected chi connectivity index (χ2v) is 42.4. The van der Waals surface area contributed by atoms with Gasteiger partial charge >= 0.3 is 68.6 Å². The summed E-state index contributed by atoms with van der Waals surface area (Å²) in [6.07, 6.45) is -37.2. The number of fused-ring (bicyclic) bond motifs is 1. The maximum atomic E-state index is 16.1. The molecule has 6 aliphatic rings. The summed E-state index contributed by atoms with van der Waals surface area (Å²) in [6, 6.07) is 12.2. The second kappa shape index (κ2) is 43.9. The lowest BCUT2D eigenvalue weighted by molar-refractivity contribution is -0.392. The normalized spacial score (nSPS) is 29.7. The molecule has 3 N–H and O–H groups in total. The average molecular weight is 1900 g/mol. The molecular formula is C77H103Cl6N3O35Si2. The molecule has 8 rings (SSSR count). The van der Waals surface area contributed by atoms with Crippen molar-refractivity contribution >= 4 is 160 Å². The van der Waals surface area contributed by atoms with Crippen molar-refractivity contribution in [1.82, 2.24) is 16.0 Å². The Labute approximate surface area is 743 Å². The van der Waals surface area contributed by atoms with E-state index in [1.807, 2.05) is 41.5 Å². The lowest BCUT2D eigenvalue weighted by Crippen LogP contribution is -2.75. The fraction of sp³-hybridized carbons (Fsp3) is 0.688. The van der Waals surface area contributed by atoms with E-state index in [1.54, 1.807) is 67.6 Å². The van der Waals surface area contributed by atoms with Gasteiger partial charge in [-0.3, -0.25) is 38.4 Å². The maximum absolute atomic E-state index is 16.1. The van der Waals surface area contributed by atoms with Crippen LogP contribution in [0.15, 0.2) is 60.7 Å². The van der Waals surface area contributed by atoms with Crippen molar-refractivity contribution in [2.24, 2.45) is 0 Å². The molecule has 0 bridgehead atoms. The molecule has 46 heteroatoms. The zero-order chi connectivity index (χ0) is 91.1. The third-order valence-corrected chi connectivity index (χ3v) is 26.1. The molecule has 6 fully saturated rings. The number of methoxy groups -OCH3 is 1. The number of hydrogen-bond donors (Lipinski definition) is 3. The van der Waals surface area contributed by atoms with E-state index >= 15 is 9.59 Å². The fourth-order valence-corrected chi connectivity index (χ4v) is 21.1. The molecule has 3 amide bonds. The highest BCUT2D eigenvalue weighted by Crippen LogP contribution is 2.56. The highest BCUT2D eigenvalue weighted by atomic mass is 35.6. The summed E-state index contributed by atoms with van der Waals surface area (Å²) >= 11 is 36.9. The van der Waals surface area contributed by atoms with E-state index in [4.69, 9.17) is 178 Å². The van der Waals surface area contributed by atoms with Gasteiger partial charge in [-0.1, -0.05) is 179 Å². The number of nitrogens with one attached hydrogen (secondary N) is 3. The summed E-state index contributed by atoms with van der Waals surface area (Å²) in [7, 11) is -3.27. The highest BCUT2D eigenvalue weighted by Gasteiger charge is 2.69. The van der Waals surface area contributed by atoms with Crippen molar-refractivity contribution in [1.29, 1.82) is 0 Å². The molecule has 0 saturated carbocycles. The number of alkyl halides is 6. The van der Waals surface area contributed by atoms with Gasteiger partial charge in [-0.15, -0.1) is 0 Å². The monoisotopic (exact) mass is 1900 g/mol. The minimum Gasteiger partial charge on any atom is -0.465 e. The standard InChI is InChI=1S/C77H103Cl6N3O35Si2/c1-17-122-120-67-65(102-31-47-26-22-19-23-27-47)64(58(50(113-67)32-100-30-46-24-20-18-21-25-46)114-66-56(86-70(97)104-36-76(78,79)80)61(115-71(98)105-37-77(81,82)83)60-52(112-66)35-106-123(121-60,72(10,11)12)73(13,14)15)119-74(68(95)99-16)28-48(107-41(5)90)55(85-39(3)88)63(117-74)59(111-45(9)94)53-34-103-69(96)75(116-53)29-49(108-42(6)91)54(84-38(2)87)62(118-75)57(110-44(8)93)51(109-43(7)92)33-101-40(4)89/h18-27,48-67H,17,28-37H2,1-16H3,(H,84,87)(H,85,88)(H,86,97)/t48-,49-,50+,51+,52+,53+,54+,55+,56+,57+,58-,59+,60-,61+,62+,63+,64-,65+,66+,67-,74-,75+/m0/s1. The van der Waals surface area contributed by atoms with Gasteiger partial charge in [-0.05, 0) is 17.2 Å². The van der Waals surface area contributed by atoms with E-state index in [0.717, 1.165) is 62.5 Å². The first-order valence-corrected chi connectivity index (χ1v) is 44.1. The van der Waals surface area contributed by atoms with Crippen molar-refractivity contribution in [3.8, 4) is 0 Å². The molecule has 686 valence electrons. The molecule has 38 nitrogen and oxygen atoms in total. The van der Waals surface area contributed by atoms with Gasteiger partial charge in [0.1, 0.15) is 99.6 Å². The third kappa shape index (κ3) is 27.7. The summed E-state index contributed by atoms with van der Waals surface area (Å²) in [5.41, 5.74) is 1.14. The first-order chi connectivity index (χ1) is 57.5. The van der Waals surface area contributed by atoms with Gasteiger partial charge in [0, 0.05) is 65.5 Å². The zero-order valence-corrected chi connectivity index (χ0v) is 76.7. The summed E-state index contributed by atoms with van der Waals surface area (Å²) < 4.78 is 143. The average Bonchev–Trinajstić information content (AvgIpc) is 0.681. The Morgan fingerprint density at radius 3 is 1.70 bits per heavy atom. The number of rotatable bonds is 32. The van der Waals surface area contributed by atoms with E-state index in [1.165, 1.54) is 0 Å². The van der Waals surface area contributed by atoms with Gasteiger partial charge in [0.15, 0.2) is 37.0 Å². The third-order valence-electron chi connectivity index (χ3n) is 19.6. The van der Waals surface area contributed by atoms with Gasteiger partial charge < -0.3 is 124 Å². The smallest absolute Gasteiger partial charge is 0.465 e. The molecule has 1 spiro atoms. The molecule has 0 aromatic heterocycles. The first kappa shape index (κ1) is 102. The number of ether oxygens (including phenoxy) is 20. The molecule has 6 saturated heterocycles. The van der Waals surface area contributed by atoms with Crippen LogP contribution < -0.4 is 16.0 Å². The Hall–Kier alpha value is -6.63. The van der Waals surface area contributed by atoms with Crippen molar-refractivity contribution < 1.29 is 166 Å². The van der Waals surface area contributed by atoms with E-state index in [9.17, 15) is 47.9 Å². The van der Waals surface area contributed by atoms with Crippen molar-refractivity contribution in [3.63, 3.8) is 0 Å². The van der Waals surface area contributed by atoms with Gasteiger partial charge in [0.2, 0.25) is 29.2 Å². The number of benzene rings is 2. The molecule has 0 unspecified atom stereocenters. The number of amides is 3. The lowest BCUT2D eigenvalue weighted by Gasteiger charge is -2.58. The highest BCUT2D eigenvalue weighted by molar-refractivity contribution is 6.73. The molecule has 123 heavy (non-hydrogen) atoms. The quantitative estimate of drug-likeness (QED) is 0.0282. The summed E-state index contributed by atoms with van der Waals surface area (Å²) in [5.74, 6) is -17.4. The minimum absolute atomic E-state index is 0.140. The van der Waals surface area contributed by atoms with Crippen LogP contribution in [0.1, 0.15) is 128 Å². The number of carbonyl (C=O) groups excluding carboxylic acids is 12. The van der Waals surface area contributed by atoms with E-state index in [2.05, 4.69) is 16.0 Å². The van der Waals surface area contributed by atoms with Gasteiger partial charge in [0.25, 0.3) is 11.6 Å². The topological polar surface area (TPSA) is 453 Å². The van der Waals surface area contributed by atoms with Crippen molar-refractivity contribution in [2.75, 3.05) is 46.8 Å². The van der Waals surface area contributed by atoms with E-state index in [-0.39, 0.29) is 19.8 Å². The first-order valence-electron chi connectivity index (χ1n) is 38.9. The number of cyclic esters (lactones) is 1. The fourth-order valence-electron chi connectivity index (χ4n) is 15.3. The Balaban J connectivity index is 1.40. The Bertz CT molecular complexity index is 3980. The van der Waals surface area contributed by atoms with E-state index < -0.39 is 288 Å². The lowest BCUT2D eigenvalue weighted by atomic mass is 9.86. The summed E-state index contributed by atoms with van der Waals surface area (Å²) in [4.78, 5) is 168. The zero-order valence-electron chi connectivity index (χ0n) is 70.2. The molecule has 6 aliphatic heterocycles. The van der Waals surface area contributed by atoms with Crippen LogP contribution in [0, 0.1) is 0 Å². The predicted molar refractivity (Wildman–Crippen MR) is 428 cm³/mol. The van der Waals surface area contributed by atoms with Gasteiger partial charge in [-0.2, -0.15) is 0 Å². The van der Waals surface area contributed by atoms with Crippen LogP contribution >= 0.6 is 69.6 Å². The Morgan fingerprint density at radius 1 is 0.593 bits per heavy atom. The molecule has 0 aliphatic carbocycles. The Morgan fingerprint density at radius 2 is 1.16 bits per heavy atom. The van der Waals surface area contributed by atoms with Gasteiger partial charge in [-0.25, -0.2) is 19.2 Å². The van der Waals surface area contributed by atoms with Gasteiger partial charge in [0.05, 0.1) is 58.5 Å². The molecule has 2 radical (unpaired) electrons. The van der Waals surface area contributed by atoms with Crippen LogP contribution in [-0.4, -0.2) is 278 Å². The molecule has 2 aromatic carbocycles. The summed E-state index contributed by atoms with van der Waals surface area (Å²) in [5, 5.41) is 6.26.